The van der Waals surface area contributed by atoms with E-state index in [1.54, 1.807) is 0 Å². The zero-order chi connectivity index (χ0) is 21.9. The Bertz CT molecular complexity index is 713. The number of unbranched alkanes of at least 4 members (excludes halogenated alkanes) is 2. The van der Waals surface area contributed by atoms with E-state index in [1.165, 1.54) is 87.8 Å². The van der Waals surface area contributed by atoms with E-state index in [1.807, 2.05) is 12.1 Å². The Balaban J connectivity index is 1.40. The molecule has 0 radical (unpaired) electrons. The summed E-state index contributed by atoms with van der Waals surface area (Å²) in [4.78, 5) is 11.1. The van der Waals surface area contributed by atoms with Crippen molar-refractivity contribution < 1.29 is 9.53 Å². The molecule has 0 bridgehead atoms. The standard InChI is InChI=1S/C28H41NO2/c1-3-5-6-7-22-8-10-23(11-9-22)24-12-14-25(15-13-24)26-16-18-27(19-17-26)31-21-20-29-28(30)4-2/h4,14,16-19,22-24H,2-3,5-13,15,20-21H2,1H3,(H,29,30). The highest BCUT2D eigenvalue weighted by molar-refractivity contribution is 5.86. The number of carbonyl (C=O) groups excluding carboxylic acids is 1. The second kappa shape index (κ2) is 12.7. The first kappa shape index (κ1) is 23.6. The summed E-state index contributed by atoms with van der Waals surface area (Å²) >= 11 is 0. The molecule has 0 spiro atoms. The molecule has 1 fully saturated rings. The predicted octanol–water partition coefficient (Wildman–Crippen LogP) is 6.94. The van der Waals surface area contributed by atoms with Gasteiger partial charge in [-0.15, -0.1) is 0 Å². The summed E-state index contributed by atoms with van der Waals surface area (Å²) in [6.45, 7) is 6.69. The molecule has 1 amide bonds. The number of ether oxygens (including phenoxy) is 1. The van der Waals surface area contributed by atoms with Crippen molar-refractivity contribution in [3.63, 3.8) is 0 Å². The molecule has 3 nitrogen and oxygen atoms in total. The van der Waals surface area contributed by atoms with Crippen LogP contribution in [0.2, 0.25) is 0 Å². The molecule has 1 atom stereocenters. The molecular formula is C28H41NO2. The first-order valence-corrected chi connectivity index (χ1v) is 12.5. The smallest absolute Gasteiger partial charge is 0.243 e. The SMILES string of the molecule is C=CC(=O)NCCOc1ccc(C2=CCC(C3CCC(CCCCC)CC3)CC2)cc1. The van der Waals surface area contributed by atoms with Crippen molar-refractivity contribution in [2.75, 3.05) is 13.2 Å². The summed E-state index contributed by atoms with van der Waals surface area (Å²) in [5, 5.41) is 2.72. The molecule has 1 aromatic rings. The molecule has 1 unspecified atom stereocenters. The lowest BCUT2D eigenvalue weighted by Gasteiger charge is -2.35. The Morgan fingerprint density at radius 2 is 1.87 bits per heavy atom. The first-order chi connectivity index (χ1) is 15.2. The van der Waals surface area contributed by atoms with Gasteiger partial charge in [0, 0.05) is 0 Å². The van der Waals surface area contributed by atoms with Gasteiger partial charge >= 0.3 is 0 Å². The maximum Gasteiger partial charge on any atom is 0.243 e. The van der Waals surface area contributed by atoms with Crippen molar-refractivity contribution in [3.8, 4) is 5.75 Å². The third kappa shape index (κ3) is 7.55. The minimum atomic E-state index is -0.165. The Morgan fingerprint density at radius 3 is 2.52 bits per heavy atom. The third-order valence-corrected chi connectivity index (χ3v) is 7.31. The van der Waals surface area contributed by atoms with Gasteiger partial charge in [-0.25, -0.2) is 0 Å². The van der Waals surface area contributed by atoms with Gasteiger partial charge in [0.2, 0.25) is 5.91 Å². The molecule has 1 N–H and O–H groups in total. The zero-order valence-electron chi connectivity index (χ0n) is 19.4. The van der Waals surface area contributed by atoms with Crippen LogP contribution in [0.15, 0.2) is 43.0 Å². The van der Waals surface area contributed by atoms with Gasteiger partial charge in [-0.1, -0.05) is 70.2 Å². The van der Waals surface area contributed by atoms with Gasteiger partial charge in [0.05, 0.1) is 6.54 Å². The molecule has 0 heterocycles. The van der Waals surface area contributed by atoms with Crippen LogP contribution in [0, 0.1) is 17.8 Å². The maximum absolute atomic E-state index is 11.1. The van der Waals surface area contributed by atoms with Gasteiger partial charge in [0.25, 0.3) is 0 Å². The second-order valence-electron chi connectivity index (χ2n) is 9.41. The Kier molecular flexibility index (Phi) is 9.71. The van der Waals surface area contributed by atoms with E-state index < -0.39 is 0 Å². The van der Waals surface area contributed by atoms with Crippen LogP contribution in [-0.2, 0) is 4.79 Å². The molecule has 31 heavy (non-hydrogen) atoms. The van der Waals surface area contributed by atoms with E-state index in [0.29, 0.717) is 13.2 Å². The molecule has 1 aromatic carbocycles. The minimum Gasteiger partial charge on any atom is -0.492 e. The van der Waals surface area contributed by atoms with Gasteiger partial charge in [0.1, 0.15) is 12.4 Å². The van der Waals surface area contributed by atoms with Crippen molar-refractivity contribution in [1.29, 1.82) is 0 Å². The number of rotatable bonds is 11. The quantitative estimate of drug-likeness (QED) is 0.309. The van der Waals surface area contributed by atoms with E-state index in [2.05, 4.69) is 37.0 Å². The van der Waals surface area contributed by atoms with Gasteiger partial charge in [-0.05, 0) is 79.2 Å². The lowest BCUT2D eigenvalue weighted by Crippen LogP contribution is -2.26. The van der Waals surface area contributed by atoms with Gasteiger partial charge in [-0.3, -0.25) is 4.79 Å². The first-order valence-electron chi connectivity index (χ1n) is 12.5. The normalized spacial score (nSPS) is 23.6. The Hall–Kier alpha value is -2.03. The Morgan fingerprint density at radius 1 is 1.10 bits per heavy atom. The third-order valence-electron chi connectivity index (χ3n) is 7.31. The fourth-order valence-electron chi connectivity index (χ4n) is 5.36. The van der Waals surface area contributed by atoms with Crippen LogP contribution in [0.1, 0.15) is 83.1 Å². The van der Waals surface area contributed by atoms with Gasteiger partial charge in [0.15, 0.2) is 0 Å². The van der Waals surface area contributed by atoms with Crippen LogP contribution in [0.5, 0.6) is 5.75 Å². The number of hydrogen-bond acceptors (Lipinski definition) is 2. The molecule has 2 aliphatic carbocycles. The number of nitrogens with one attached hydrogen (secondary N) is 1. The molecule has 1 saturated carbocycles. The lowest BCUT2D eigenvalue weighted by atomic mass is 9.70. The predicted molar refractivity (Wildman–Crippen MR) is 130 cm³/mol. The lowest BCUT2D eigenvalue weighted by molar-refractivity contribution is -0.116. The van der Waals surface area contributed by atoms with Crippen molar-refractivity contribution in [2.24, 2.45) is 17.8 Å². The summed E-state index contributed by atoms with van der Waals surface area (Å²) in [5.41, 5.74) is 2.82. The van der Waals surface area contributed by atoms with E-state index >= 15 is 0 Å². The second-order valence-corrected chi connectivity index (χ2v) is 9.41. The summed E-state index contributed by atoms with van der Waals surface area (Å²) in [6.07, 6.45) is 19.1. The van der Waals surface area contributed by atoms with Gasteiger partial charge < -0.3 is 10.1 Å². The van der Waals surface area contributed by atoms with Crippen molar-refractivity contribution in [2.45, 2.75) is 77.6 Å². The molecular weight excluding hydrogens is 382 g/mol. The monoisotopic (exact) mass is 423 g/mol. The molecule has 2 aliphatic rings. The Labute approximate surface area is 189 Å². The van der Waals surface area contributed by atoms with Crippen molar-refractivity contribution in [3.05, 3.63) is 48.6 Å². The number of benzene rings is 1. The summed E-state index contributed by atoms with van der Waals surface area (Å²) in [7, 11) is 0. The van der Waals surface area contributed by atoms with Crippen LogP contribution >= 0.6 is 0 Å². The van der Waals surface area contributed by atoms with Gasteiger partial charge in [-0.2, -0.15) is 0 Å². The van der Waals surface area contributed by atoms with Crippen LogP contribution in [0.3, 0.4) is 0 Å². The number of amides is 1. The van der Waals surface area contributed by atoms with Crippen LogP contribution in [0.4, 0.5) is 0 Å². The average molecular weight is 424 g/mol. The van der Waals surface area contributed by atoms with E-state index in [-0.39, 0.29) is 5.91 Å². The highest BCUT2D eigenvalue weighted by Crippen LogP contribution is 2.42. The topological polar surface area (TPSA) is 38.3 Å². The summed E-state index contributed by atoms with van der Waals surface area (Å²) in [5.74, 6) is 3.55. The number of allylic oxidation sites excluding steroid dienone is 2. The van der Waals surface area contributed by atoms with Crippen molar-refractivity contribution in [1.82, 2.24) is 5.32 Å². The van der Waals surface area contributed by atoms with E-state index in [4.69, 9.17) is 4.74 Å². The van der Waals surface area contributed by atoms with E-state index in [9.17, 15) is 4.79 Å². The molecule has 0 aliphatic heterocycles. The minimum absolute atomic E-state index is 0.165. The average Bonchev–Trinajstić information content (AvgIpc) is 2.83. The number of carbonyl (C=O) groups is 1. The largest absolute Gasteiger partial charge is 0.492 e. The highest BCUT2D eigenvalue weighted by atomic mass is 16.5. The molecule has 0 aromatic heterocycles. The van der Waals surface area contributed by atoms with Crippen molar-refractivity contribution >= 4 is 11.5 Å². The fourth-order valence-corrected chi connectivity index (χ4v) is 5.36. The van der Waals surface area contributed by atoms with E-state index in [0.717, 1.165) is 23.5 Å². The zero-order valence-corrected chi connectivity index (χ0v) is 19.4. The summed E-state index contributed by atoms with van der Waals surface area (Å²) in [6, 6.07) is 8.42. The summed E-state index contributed by atoms with van der Waals surface area (Å²) < 4.78 is 5.71. The molecule has 170 valence electrons. The molecule has 3 rings (SSSR count). The fraction of sp³-hybridized carbons (Fsp3) is 0.607. The maximum atomic E-state index is 11.1. The number of hydrogen-bond donors (Lipinski definition) is 1. The molecule has 3 heteroatoms. The van der Waals surface area contributed by atoms with Crippen LogP contribution in [0.25, 0.3) is 5.57 Å². The molecule has 0 saturated heterocycles. The highest BCUT2D eigenvalue weighted by Gasteiger charge is 2.28. The van der Waals surface area contributed by atoms with Crippen LogP contribution < -0.4 is 10.1 Å². The van der Waals surface area contributed by atoms with Crippen LogP contribution in [-0.4, -0.2) is 19.1 Å².